The Labute approximate surface area is 176 Å². The molecule has 0 saturated carbocycles. The van der Waals surface area contributed by atoms with E-state index in [-0.39, 0.29) is 6.42 Å². The van der Waals surface area contributed by atoms with Crippen molar-refractivity contribution in [2.75, 3.05) is 6.61 Å². The topological polar surface area (TPSA) is 66.8 Å². The lowest BCUT2D eigenvalue weighted by molar-refractivity contribution is -0.167. The van der Waals surface area contributed by atoms with Gasteiger partial charge in [-0.05, 0) is 40.8 Å². The van der Waals surface area contributed by atoms with Gasteiger partial charge in [0.2, 0.25) is 0 Å². The number of aliphatic hydroxyl groups is 2. The third kappa shape index (κ3) is 3.18. The highest BCUT2D eigenvalue weighted by Gasteiger charge is 2.62. The van der Waals surface area contributed by atoms with Crippen LogP contribution in [0.2, 0.25) is 5.02 Å². The number of hydrogen-bond acceptors (Lipinski definition) is 4. The number of rotatable bonds is 7. The molecule has 2 aromatic carbocycles. The number of benzene rings is 2. The lowest BCUT2D eigenvalue weighted by atomic mass is 9.54. The lowest BCUT2D eigenvalue weighted by Crippen LogP contribution is -2.57. The Bertz CT molecular complexity index is 927. The molecule has 0 aliphatic heterocycles. The Balaban J connectivity index is 1.65. The summed E-state index contributed by atoms with van der Waals surface area (Å²) in [7, 11) is 0. The molecule has 4 nitrogen and oxygen atoms in total. The van der Waals surface area contributed by atoms with Gasteiger partial charge in [0.25, 0.3) is 0 Å². The van der Waals surface area contributed by atoms with Crippen LogP contribution in [0, 0.1) is 5.92 Å². The van der Waals surface area contributed by atoms with Crippen LogP contribution in [0.1, 0.15) is 67.7 Å². The maximum Gasteiger partial charge on any atom is 0.312 e. The van der Waals surface area contributed by atoms with Gasteiger partial charge >= 0.3 is 5.97 Å². The van der Waals surface area contributed by atoms with E-state index in [9.17, 15) is 15.0 Å². The first kappa shape index (κ1) is 20.4. The molecule has 0 fully saturated rings. The minimum absolute atomic E-state index is 0.0719. The molecule has 3 aliphatic carbocycles. The fourth-order valence-corrected chi connectivity index (χ4v) is 5.10. The summed E-state index contributed by atoms with van der Waals surface area (Å²) >= 11 is 6.18. The second kappa shape index (κ2) is 7.75. The maximum absolute atomic E-state index is 13.0. The molecule has 3 atom stereocenters. The van der Waals surface area contributed by atoms with Crippen LogP contribution in [0.5, 0.6) is 0 Å². The molecular weight excluding hydrogens is 388 g/mol. The number of fused-ring (bicyclic) bond motifs is 1. The molecule has 2 N–H and O–H groups in total. The van der Waals surface area contributed by atoms with Gasteiger partial charge in [-0.2, -0.15) is 0 Å². The Morgan fingerprint density at radius 3 is 2.48 bits per heavy atom. The fourth-order valence-electron chi connectivity index (χ4n) is 4.93. The molecule has 154 valence electrons. The van der Waals surface area contributed by atoms with Crippen LogP contribution < -0.4 is 0 Å². The third-order valence-corrected chi connectivity index (χ3v) is 6.64. The second-order valence-electron chi connectivity index (χ2n) is 8.20. The van der Waals surface area contributed by atoms with Crippen molar-refractivity contribution in [1.82, 2.24) is 0 Å². The van der Waals surface area contributed by atoms with Crippen LogP contribution in [0.3, 0.4) is 0 Å². The van der Waals surface area contributed by atoms with E-state index in [2.05, 4.69) is 6.92 Å². The number of carbonyl (C=O) groups is 1. The zero-order valence-corrected chi connectivity index (χ0v) is 17.4. The average Bonchev–Trinajstić information content (AvgIpc) is 2.72. The van der Waals surface area contributed by atoms with Gasteiger partial charge in [0.15, 0.2) is 0 Å². The van der Waals surface area contributed by atoms with Crippen LogP contribution in [-0.2, 0) is 20.7 Å². The normalized spacial score (nSPS) is 26.7. The van der Waals surface area contributed by atoms with Crippen molar-refractivity contribution in [2.24, 2.45) is 5.92 Å². The maximum atomic E-state index is 13.0. The third-order valence-electron chi connectivity index (χ3n) is 6.40. The summed E-state index contributed by atoms with van der Waals surface area (Å²) in [4.78, 5) is 13.0. The fraction of sp³-hybridized carbons (Fsp3) is 0.458. The standard InChI is InChI=1S/C24H27ClO4/c1-2-3-4-5-8-13-29-22(26)21-15-23(27)17-9-6-7-10-18(17)24(21,28)19-12-11-16(25)14-20(19)23/h6-7,9-12,14,21,27-28H,2-5,8,13,15H2,1H3. The van der Waals surface area contributed by atoms with E-state index in [1.807, 2.05) is 12.1 Å². The van der Waals surface area contributed by atoms with Crippen molar-refractivity contribution < 1.29 is 19.7 Å². The van der Waals surface area contributed by atoms with Gasteiger partial charge in [-0.1, -0.05) is 74.5 Å². The number of halogens is 1. The van der Waals surface area contributed by atoms with Crippen molar-refractivity contribution in [3.05, 3.63) is 69.7 Å². The first-order valence-corrected chi connectivity index (χ1v) is 10.8. The molecule has 0 amide bonds. The molecule has 5 heteroatoms. The molecule has 3 aliphatic rings. The van der Waals surface area contributed by atoms with Crippen LogP contribution in [0.4, 0.5) is 0 Å². The van der Waals surface area contributed by atoms with E-state index in [0.717, 1.165) is 25.7 Å². The first-order chi connectivity index (χ1) is 13.9. The molecular formula is C24H27ClO4. The zero-order chi connectivity index (χ0) is 20.6. The van der Waals surface area contributed by atoms with E-state index < -0.39 is 23.1 Å². The SMILES string of the molecule is CCCCCCCOC(=O)C1CC2(O)c3ccccc3C1(O)c1ccc(Cl)cc12. The molecule has 0 aromatic heterocycles. The smallest absolute Gasteiger partial charge is 0.312 e. The van der Waals surface area contributed by atoms with Crippen LogP contribution in [0.25, 0.3) is 0 Å². The van der Waals surface area contributed by atoms with E-state index >= 15 is 0 Å². The number of carbonyl (C=O) groups excluding carboxylic acids is 1. The highest BCUT2D eigenvalue weighted by Crippen LogP contribution is 2.60. The molecule has 2 aromatic rings. The van der Waals surface area contributed by atoms with E-state index in [1.165, 1.54) is 6.42 Å². The predicted octanol–water partition coefficient (Wildman–Crippen LogP) is 4.66. The molecule has 5 rings (SSSR count). The first-order valence-electron chi connectivity index (χ1n) is 10.4. The Kier molecular flexibility index (Phi) is 5.45. The molecule has 29 heavy (non-hydrogen) atoms. The molecule has 2 bridgehead atoms. The molecule has 0 radical (unpaired) electrons. The zero-order valence-electron chi connectivity index (χ0n) is 16.7. The summed E-state index contributed by atoms with van der Waals surface area (Å²) in [6, 6.07) is 12.3. The number of unbranched alkanes of at least 4 members (excludes halogenated alkanes) is 4. The van der Waals surface area contributed by atoms with Crippen molar-refractivity contribution >= 4 is 17.6 Å². The predicted molar refractivity (Wildman–Crippen MR) is 112 cm³/mol. The minimum atomic E-state index is -1.54. The van der Waals surface area contributed by atoms with Gasteiger partial charge in [0, 0.05) is 11.4 Å². The number of ether oxygens (including phenoxy) is 1. The van der Waals surface area contributed by atoms with Crippen molar-refractivity contribution in [3.63, 3.8) is 0 Å². The van der Waals surface area contributed by atoms with Crippen LogP contribution >= 0.6 is 11.6 Å². The van der Waals surface area contributed by atoms with Crippen molar-refractivity contribution in [2.45, 2.75) is 56.7 Å². The summed E-state index contributed by atoms with van der Waals surface area (Å²) in [5, 5.41) is 24.0. The van der Waals surface area contributed by atoms with Crippen molar-refractivity contribution in [3.8, 4) is 0 Å². The van der Waals surface area contributed by atoms with Gasteiger partial charge in [0.05, 0.1) is 12.5 Å². The summed E-state index contributed by atoms with van der Waals surface area (Å²) in [5.74, 6) is -1.33. The quantitative estimate of drug-likeness (QED) is 0.510. The van der Waals surface area contributed by atoms with Gasteiger partial charge < -0.3 is 14.9 Å². The van der Waals surface area contributed by atoms with Gasteiger partial charge in [0.1, 0.15) is 11.2 Å². The Morgan fingerprint density at radius 1 is 1.03 bits per heavy atom. The summed E-state index contributed by atoms with van der Waals surface area (Å²) in [6.45, 7) is 2.50. The lowest BCUT2D eigenvalue weighted by Gasteiger charge is -2.53. The van der Waals surface area contributed by atoms with Gasteiger partial charge in [-0.15, -0.1) is 0 Å². The van der Waals surface area contributed by atoms with Gasteiger partial charge in [-0.3, -0.25) is 4.79 Å². The Morgan fingerprint density at radius 2 is 1.72 bits per heavy atom. The van der Waals surface area contributed by atoms with Gasteiger partial charge in [-0.25, -0.2) is 0 Å². The van der Waals surface area contributed by atoms with Crippen LogP contribution in [-0.4, -0.2) is 22.8 Å². The average molecular weight is 415 g/mol. The monoisotopic (exact) mass is 414 g/mol. The highest BCUT2D eigenvalue weighted by atomic mass is 35.5. The van der Waals surface area contributed by atoms with Crippen molar-refractivity contribution in [1.29, 1.82) is 0 Å². The van der Waals surface area contributed by atoms with E-state index in [0.29, 0.717) is 33.9 Å². The molecule has 3 unspecified atom stereocenters. The van der Waals surface area contributed by atoms with Crippen LogP contribution in [0.15, 0.2) is 42.5 Å². The molecule has 0 saturated heterocycles. The van der Waals surface area contributed by atoms with E-state index in [4.69, 9.17) is 16.3 Å². The molecule has 0 spiro atoms. The van der Waals surface area contributed by atoms with E-state index in [1.54, 1.807) is 30.3 Å². The largest absolute Gasteiger partial charge is 0.465 e. The highest BCUT2D eigenvalue weighted by molar-refractivity contribution is 6.30. The second-order valence-corrected chi connectivity index (χ2v) is 8.64. The summed E-state index contributed by atoms with van der Waals surface area (Å²) in [5.41, 5.74) is -0.643. The Hall–Kier alpha value is -1.88. The summed E-state index contributed by atoms with van der Waals surface area (Å²) in [6.07, 6.45) is 5.37. The number of hydrogen-bond donors (Lipinski definition) is 2. The minimum Gasteiger partial charge on any atom is -0.465 e. The number of esters is 1. The molecule has 0 heterocycles. The summed E-state index contributed by atoms with van der Waals surface area (Å²) < 4.78 is 5.54.